The zero-order valence-corrected chi connectivity index (χ0v) is 11.5. The van der Waals surface area contributed by atoms with Crippen LogP contribution in [0.2, 0.25) is 0 Å². The summed E-state index contributed by atoms with van der Waals surface area (Å²) in [4.78, 5) is 22.9. The van der Waals surface area contributed by atoms with Crippen LogP contribution in [0.1, 0.15) is 53.9 Å². The van der Waals surface area contributed by atoms with E-state index in [1.54, 1.807) is 0 Å². The zero-order valence-electron chi connectivity index (χ0n) is 11.5. The molecule has 100 valence electrons. The minimum atomic E-state index is -0.957. The monoisotopic (exact) mass is 244 g/mol. The van der Waals surface area contributed by atoms with Crippen LogP contribution >= 0.6 is 0 Å². The van der Waals surface area contributed by atoms with E-state index >= 15 is 0 Å². The van der Waals surface area contributed by atoms with Gasteiger partial charge in [-0.25, -0.2) is 0 Å². The lowest BCUT2D eigenvalue weighted by atomic mass is 9.79. The fourth-order valence-corrected chi connectivity index (χ4v) is 1.59. The Balaban J connectivity index is 4.70. The minimum absolute atomic E-state index is 0.105. The molecule has 0 radical (unpaired) electrons. The molecule has 0 aromatic rings. The van der Waals surface area contributed by atoms with Crippen molar-refractivity contribution >= 4 is 11.9 Å². The number of ether oxygens (including phenoxy) is 1. The number of hydrogen-bond donors (Lipinski definition) is 1. The van der Waals surface area contributed by atoms with Gasteiger partial charge in [-0.05, 0) is 18.3 Å². The maximum Gasteiger partial charge on any atom is 0.312 e. The molecule has 4 nitrogen and oxygen atoms in total. The predicted molar refractivity (Wildman–Crippen MR) is 65.7 cm³/mol. The van der Waals surface area contributed by atoms with Gasteiger partial charge in [-0.2, -0.15) is 0 Å². The van der Waals surface area contributed by atoms with Crippen molar-refractivity contribution in [1.82, 2.24) is 0 Å². The van der Waals surface area contributed by atoms with Gasteiger partial charge in [0.2, 0.25) is 0 Å². The van der Waals surface area contributed by atoms with Crippen LogP contribution in [0.3, 0.4) is 0 Å². The zero-order chi connectivity index (χ0) is 13.7. The lowest BCUT2D eigenvalue weighted by Crippen LogP contribution is -2.36. The van der Waals surface area contributed by atoms with E-state index in [0.29, 0.717) is 19.4 Å². The van der Waals surface area contributed by atoms with E-state index in [2.05, 4.69) is 0 Å². The molecule has 0 spiro atoms. The van der Waals surface area contributed by atoms with Crippen LogP contribution in [0.4, 0.5) is 0 Å². The van der Waals surface area contributed by atoms with Gasteiger partial charge in [0, 0.05) is 0 Å². The molecule has 17 heavy (non-hydrogen) atoms. The summed E-state index contributed by atoms with van der Waals surface area (Å²) in [6.07, 6.45) is 0.806. The SMILES string of the molecule is CCC(CC)(CC(=O)O)C(=O)OCC(C)(C)C. The highest BCUT2D eigenvalue weighted by Gasteiger charge is 2.39. The van der Waals surface area contributed by atoms with Gasteiger partial charge < -0.3 is 9.84 Å². The van der Waals surface area contributed by atoms with Gasteiger partial charge in [-0.15, -0.1) is 0 Å². The molecule has 1 N–H and O–H groups in total. The second kappa shape index (κ2) is 6.03. The average molecular weight is 244 g/mol. The number of esters is 1. The van der Waals surface area contributed by atoms with Gasteiger partial charge in [0.25, 0.3) is 0 Å². The number of carbonyl (C=O) groups is 2. The summed E-state index contributed by atoms with van der Waals surface area (Å²) >= 11 is 0. The third-order valence-corrected chi connectivity index (χ3v) is 2.91. The standard InChI is InChI=1S/C13H24O4/c1-6-13(7-2,8-10(14)15)11(16)17-9-12(3,4)5/h6-9H2,1-5H3,(H,14,15). The smallest absolute Gasteiger partial charge is 0.312 e. The van der Waals surface area contributed by atoms with Crippen LogP contribution in [0, 0.1) is 10.8 Å². The van der Waals surface area contributed by atoms with Gasteiger partial charge in [0.05, 0.1) is 18.4 Å². The molecule has 4 heteroatoms. The summed E-state index contributed by atoms with van der Waals surface area (Å²) < 4.78 is 5.25. The first-order chi connectivity index (χ1) is 7.67. The highest BCUT2D eigenvalue weighted by Crippen LogP contribution is 2.33. The van der Waals surface area contributed by atoms with E-state index in [4.69, 9.17) is 9.84 Å². The van der Waals surface area contributed by atoms with Crippen molar-refractivity contribution in [2.75, 3.05) is 6.61 Å². The summed E-state index contributed by atoms with van der Waals surface area (Å²) in [5.74, 6) is -1.35. The molecule has 0 bridgehead atoms. The molecular weight excluding hydrogens is 220 g/mol. The van der Waals surface area contributed by atoms with Crippen LogP contribution in [-0.4, -0.2) is 23.7 Å². The van der Waals surface area contributed by atoms with Gasteiger partial charge >= 0.3 is 11.9 Å². The lowest BCUT2D eigenvalue weighted by Gasteiger charge is -2.29. The van der Waals surface area contributed by atoms with Crippen molar-refractivity contribution in [3.63, 3.8) is 0 Å². The van der Waals surface area contributed by atoms with Crippen molar-refractivity contribution in [3.8, 4) is 0 Å². The van der Waals surface area contributed by atoms with Crippen LogP contribution in [0.5, 0.6) is 0 Å². The predicted octanol–water partition coefficient (Wildman–Crippen LogP) is 2.86. The van der Waals surface area contributed by atoms with Crippen LogP contribution in [0.25, 0.3) is 0 Å². The first-order valence-electron chi connectivity index (χ1n) is 6.06. The number of carbonyl (C=O) groups excluding carboxylic acids is 1. The molecule has 0 aliphatic heterocycles. The normalized spacial score (nSPS) is 12.3. The highest BCUT2D eigenvalue weighted by molar-refractivity contribution is 5.82. The van der Waals surface area contributed by atoms with Crippen molar-refractivity contribution in [2.24, 2.45) is 10.8 Å². The van der Waals surface area contributed by atoms with Crippen molar-refractivity contribution in [2.45, 2.75) is 53.9 Å². The van der Waals surface area contributed by atoms with Crippen LogP contribution in [0.15, 0.2) is 0 Å². The third kappa shape index (κ3) is 5.20. The Hall–Kier alpha value is -1.06. The Kier molecular flexibility index (Phi) is 5.66. The summed E-state index contributed by atoms with van der Waals surface area (Å²) in [6.45, 7) is 9.87. The molecule has 0 heterocycles. The number of carboxylic acids is 1. The van der Waals surface area contributed by atoms with Crippen molar-refractivity contribution in [3.05, 3.63) is 0 Å². The molecule has 0 amide bonds. The Morgan fingerprint density at radius 3 is 1.88 bits per heavy atom. The van der Waals surface area contributed by atoms with Gasteiger partial charge in [0.15, 0.2) is 0 Å². The largest absolute Gasteiger partial charge is 0.481 e. The molecule has 0 aliphatic rings. The maximum atomic E-state index is 12.0. The minimum Gasteiger partial charge on any atom is -0.481 e. The molecular formula is C13H24O4. The second-order valence-electron chi connectivity index (χ2n) is 5.69. The fraction of sp³-hybridized carbons (Fsp3) is 0.846. The van der Waals surface area contributed by atoms with E-state index < -0.39 is 11.4 Å². The number of hydrogen-bond acceptors (Lipinski definition) is 3. The highest BCUT2D eigenvalue weighted by atomic mass is 16.5. The number of rotatable bonds is 6. The molecule has 0 fully saturated rings. The first kappa shape index (κ1) is 15.9. The molecule has 0 aromatic heterocycles. The van der Waals surface area contributed by atoms with Crippen LogP contribution in [-0.2, 0) is 14.3 Å². The van der Waals surface area contributed by atoms with Crippen LogP contribution < -0.4 is 0 Å². The molecule has 0 unspecified atom stereocenters. The van der Waals surface area contributed by atoms with E-state index in [1.807, 2.05) is 34.6 Å². The molecule has 0 rings (SSSR count). The number of carboxylic acid groups (broad SMARTS) is 1. The Morgan fingerprint density at radius 2 is 1.59 bits per heavy atom. The Labute approximate surface area is 103 Å². The van der Waals surface area contributed by atoms with E-state index in [9.17, 15) is 9.59 Å². The Bertz CT molecular complexity index is 272. The summed E-state index contributed by atoms with van der Waals surface area (Å²) in [6, 6.07) is 0. The fourth-order valence-electron chi connectivity index (χ4n) is 1.59. The van der Waals surface area contributed by atoms with Gasteiger partial charge in [0.1, 0.15) is 0 Å². The molecule has 0 saturated carbocycles. The maximum absolute atomic E-state index is 12.0. The van der Waals surface area contributed by atoms with Crippen molar-refractivity contribution in [1.29, 1.82) is 0 Å². The van der Waals surface area contributed by atoms with Gasteiger partial charge in [-0.1, -0.05) is 34.6 Å². The average Bonchev–Trinajstić information content (AvgIpc) is 2.21. The summed E-state index contributed by atoms with van der Waals surface area (Å²) in [7, 11) is 0. The first-order valence-corrected chi connectivity index (χ1v) is 6.06. The number of aliphatic carboxylic acids is 1. The summed E-state index contributed by atoms with van der Waals surface area (Å²) in [5, 5.41) is 8.88. The third-order valence-electron chi connectivity index (χ3n) is 2.91. The molecule has 0 aliphatic carbocycles. The molecule has 0 aromatic carbocycles. The van der Waals surface area contributed by atoms with E-state index in [0.717, 1.165) is 0 Å². The van der Waals surface area contributed by atoms with Gasteiger partial charge in [-0.3, -0.25) is 9.59 Å². The summed E-state index contributed by atoms with van der Waals surface area (Å²) in [5.41, 5.74) is -0.983. The topological polar surface area (TPSA) is 63.6 Å². The van der Waals surface area contributed by atoms with E-state index in [-0.39, 0.29) is 17.8 Å². The second-order valence-corrected chi connectivity index (χ2v) is 5.69. The quantitative estimate of drug-likeness (QED) is 0.730. The van der Waals surface area contributed by atoms with E-state index in [1.165, 1.54) is 0 Å². The lowest BCUT2D eigenvalue weighted by molar-refractivity contribution is -0.164. The Morgan fingerprint density at radius 1 is 1.12 bits per heavy atom. The molecule has 0 saturated heterocycles. The van der Waals surface area contributed by atoms with Crippen molar-refractivity contribution < 1.29 is 19.4 Å². The molecule has 0 atom stereocenters.